The van der Waals surface area contributed by atoms with Gasteiger partial charge in [-0.15, -0.1) is 11.3 Å². The number of thiophene rings is 1. The lowest BCUT2D eigenvalue weighted by atomic mass is 10.0. The molecule has 0 saturated carbocycles. The van der Waals surface area contributed by atoms with Crippen molar-refractivity contribution in [1.29, 1.82) is 0 Å². The molecule has 3 aromatic rings. The minimum absolute atomic E-state index is 0.749. The Kier molecular flexibility index (Phi) is 3.93. The highest BCUT2D eigenvalue weighted by molar-refractivity contribution is 7.14. The second-order valence-corrected chi connectivity index (χ2v) is 5.52. The van der Waals surface area contributed by atoms with Gasteiger partial charge in [-0.1, -0.05) is 30.3 Å². The molecule has 0 amide bonds. The molecular weight excluding hydrogens is 280 g/mol. The zero-order valence-electron chi connectivity index (χ0n) is 12.0. The number of hydrogen-bond acceptors (Lipinski definition) is 3. The molecule has 0 aliphatic carbocycles. The molecule has 0 atom stereocenters. The van der Waals surface area contributed by atoms with Crippen LogP contribution in [0.5, 0.6) is 11.5 Å². The molecule has 0 unspecified atom stereocenters. The fraction of sp³-hybridized carbons (Fsp3) is 0.111. The van der Waals surface area contributed by atoms with Gasteiger partial charge >= 0.3 is 0 Å². The fourth-order valence-corrected chi connectivity index (χ4v) is 3.27. The van der Waals surface area contributed by atoms with E-state index in [4.69, 9.17) is 9.47 Å². The first kappa shape index (κ1) is 13.7. The molecule has 0 radical (unpaired) electrons. The van der Waals surface area contributed by atoms with Crippen molar-refractivity contribution in [2.24, 2.45) is 0 Å². The van der Waals surface area contributed by atoms with E-state index in [-0.39, 0.29) is 0 Å². The van der Waals surface area contributed by atoms with Gasteiger partial charge in [0, 0.05) is 10.4 Å². The topological polar surface area (TPSA) is 18.5 Å². The van der Waals surface area contributed by atoms with Crippen LogP contribution < -0.4 is 9.47 Å². The molecular formula is C18H16O2S. The summed E-state index contributed by atoms with van der Waals surface area (Å²) in [6.45, 7) is 0. The number of ether oxygens (including phenoxy) is 2. The third-order valence-electron chi connectivity index (χ3n) is 3.40. The molecule has 2 aromatic carbocycles. The maximum atomic E-state index is 5.40. The summed E-state index contributed by atoms with van der Waals surface area (Å²) in [5.74, 6) is 1.50. The zero-order chi connectivity index (χ0) is 14.7. The minimum Gasteiger partial charge on any atom is -0.493 e. The molecule has 0 aliphatic heterocycles. The highest BCUT2D eigenvalue weighted by Gasteiger charge is 2.12. The van der Waals surface area contributed by atoms with Crippen molar-refractivity contribution in [2.45, 2.75) is 0 Å². The minimum atomic E-state index is 0.749. The number of benzene rings is 2. The summed E-state index contributed by atoms with van der Waals surface area (Å²) in [7, 11) is 3.31. The van der Waals surface area contributed by atoms with E-state index in [2.05, 4.69) is 41.8 Å². The van der Waals surface area contributed by atoms with Crippen molar-refractivity contribution in [3.05, 3.63) is 60.0 Å². The predicted molar refractivity (Wildman–Crippen MR) is 88.3 cm³/mol. The van der Waals surface area contributed by atoms with Crippen LogP contribution in [0.2, 0.25) is 0 Å². The van der Waals surface area contributed by atoms with E-state index in [1.165, 1.54) is 16.0 Å². The van der Waals surface area contributed by atoms with Crippen molar-refractivity contribution in [3.63, 3.8) is 0 Å². The molecule has 21 heavy (non-hydrogen) atoms. The second-order valence-electron chi connectivity index (χ2n) is 4.60. The Morgan fingerprint density at radius 3 is 2.24 bits per heavy atom. The second kappa shape index (κ2) is 6.02. The van der Waals surface area contributed by atoms with Gasteiger partial charge in [0.2, 0.25) is 0 Å². The van der Waals surface area contributed by atoms with Crippen LogP contribution in [0.25, 0.3) is 21.6 Å². The van der Waals surface area contributed by atoms with Gasteiger partial charge in [0.1, 0.15) is 0 Å². The lowest BCUT2D eigenvalue weighted by Gasteiger charge is -2.10. The molecule has 0 aliphatic rings. The van der Waals surface area contributed by atoms with Crippen molar-refractivity contribution in [3.8, 4) is 33.1 Å². The fourth-order valence-electron chi connectivity index (χ4n) is 2.36. The Morgan fingerprint density at radius 2 is 1.52 bits per heavy atom. The normalized spacial score (nSPS) is 10.4. The Morgan fingerprint density at radius 1 is 0.762 bits per heavy atom. The van der Waals surface area contributed by atoms with E-state index in [1.807, 2.05) is 18.2 Å². The van der Waals surface area contributed by atoms with Crippen LogP contribution in [-0.2, 0) is 0 Å². The van der Waals surface area contributed by atoms with Crippen LogP contribution >= 0.6 is 11.3 Å². The van der Waals surface area contributed by atoms with Crippen LogP contribution in [0.3, 0.4) is 0 Å². The Hall–Kier alpha value is -2.26. The predicted octanol–water partition coefficient (Wildman–Crippen LogP) is 5.10. The van der Waals surface area contributed by atoms with Gasteiger partial charge in [-0.05, 0) is 40.8 Å². The van der Waals surface area contributed by atoms with Crippen LogP contribution in [0, 0.1) is 0 Å². The SMILES string of the molecule is COc1ccc(-c2sccc2-c2ccccc2)cc1OC. The Balaban J connectivity index is 2.08. The van der Waals surface area contributed by atoms with Crippen molar-refractivity contribution in [1.82, 2.24) is 0 Å². The van der Waals surface area contributed by atoms with Crippen LogP contribution in [-0.4, -0.2) is 14.2 Å². The first-order valence-corrected chi connectivity index (χ1v) is 7.56. The largest absolute Gasteiger partial charge is 0.493 e. The molecule has 0 bridgehead atoms. The highest BCUT2D eigenvalue weighted by atomic mass is 32.1. The van der Waals surface area contributed by atoms with E-state index in [1.54, 1.807) is 25.6 Å². The van der Waals surface area contributed by atoms with Crippen LogP contribution in [0.1, 0.15) is 0 Å². The summed E-state index contributed by atoms with van der Waals surface area (Å²) < 4.78 is 10.7. The average Bonchev–Trinajstić information content (AvgIpc) is 3.04. The van der Waals surface area contributed by atoms with Crippen LogP contribution in [0.4, 0.5) is 0 Å². The first-order valence-electron chi connectivity index (χ1n) is 6.69. The van der Waals surface area contributed by atoms with Gasteiger partial charge in [0.25, 0.3) is 0 Å². The Labute approximate surface area is 128 Å². The van der Waals surface area contributed by atoms with Crippen LogP contribution in [0.15, 0.2) is 60.0 Å². The summed E-state index contributed by atoms with van der Waals surface area (Å²) >= 11 is 1.73. The van der Waals surface area contributed by atoms with Gasteiger partial charge < -0.3 is 9.47 Å². The van der Waals surface area contributed by atoms with E-state index in [0.29, 0.717) is 0 Å². The molecule has 3 heteroatoms. The van der Waals surface area contributed by atoms with Gasteiger partial charge in [-0.2, -0.15) is 0 Å². The van der Waals surface area contributed by atoms with Gasteiger partial charge in [0.05, 0.1) is 14.2 Å². The van der Waals surface area contributed by atoms with Crippen molar-refractivity contribution in [2.75, 3.05) is 14.2 Å². The molecule has 1 aromatic heterocycles. The zero-order valence-corrected chi connectivity index (χ0v) is 12.8. The molecule has 0 fully saturated rings. The standard InChI is InChI=1S/C18H16O2S/c1-19-16-9-8-14(12-17(16)20-2)18-15(10-11-21-18)13-6-4-3-5-7-13/h3-12H,1-2H3. The van der Waals surface area contributed by atoms with E-state index >= 15 is 0 Å². The summed E-state index contributed by atoms with van der Waals surface area (Å²) in [5, 5.41) is 2.12. The summed E-state index contributed by atoms with van der Waals surface area (Å²) in [5.41, 5.74) is 3.61. The Bertz CT molecular complexity index is 732. The monoisotopic (exact) mass is 296 g/mol. The van der Waals surface area contributed by atoms with E-state index in [0.717, 1.165) is 17.1 Å². The molecule has 2 nitrogen and oxygen atoms in total. The van der Waals surface area contributed by atoms with E-state index in [9.17, 15) is 0 Å². The van der Waals surface area contributed by atoms with E-state index < -0.39 is 0 Å². The summed E-state index contributed by atoms with van der Waals surface area (Å²) in [6, 6.07) is 18.6. The maximum absolute atomic E-state index is 5.40. The van der Waals surface area contributed by atoms with Gasteiger partial charge in [-0.3, -0.25) is 0 Å². The molecule has 0 spiro atoms. The third kappa shape index (κ3) is 2.65. The highest BCUT2D eigenvalue weighted by Crippen LogP contribution is 2.40. The van der Waals surface area contributed by atoms with Crippen molar-refractivity contribution >= 4 is 11.3 Å². The maximum Gasteiger partial charge on any atom is 0.161 e. The number of methoxy groups -OCH3 is 2. The number of rotatable bonds is 4. The molecule has 106 valence electrons. The quantitative estimate of drug-likeness (QED) is 0.667. The third-order valence-corrected chi connectivity index (χ3v) is 4.36. The summed E-state index contributed by atoms with van der Waals surface area (Å²) in [4.78, 5) is 1.24. The first-order chi connectivity index (χ1) is 10.3. The van der Waals surface area contributed by atoms with Gasteiger partial charge in [0.15, 0.2) is 11.5 Å². The molecule has 0 saturated heterocycles. The number of hydrogen-bond donors (Lipinski definition) is 0. The van der Waals surface area contributed by atoms with Crippen molar-refractivity contribution < 1.29 is 9.47 Å². The molecule has 1 heterocycles. The average molecular weight is 296 g/mol. The summed E-state index contributed by atoms with van der Waals surface area (Å²) in [6.07, 6.45) is 0. The lowest BCUT2D eigenvalue weighted by Crippen LogP contribution is -1.90. The molecule has 0 N–H and O–H groups in total. The molecule has 3 rings (SSSR count). The lowest BCUT2D eigenvalue weighted by molar-refractivity contribution is 0.355. The van der Waals surface area contributed by atoms with Gasteiger partial charge in [-0.25, -0.2) is 0 Å². The smallest absolute Gasteiger partial charge is 0.161 e.